The predicted octanol–water partition coefficient (Wildman–Crippen LogP) is 1.82. The summed E-state index contributed by atoms with van der Waals surface area (Å²) >= 11 is 0. The van der Waals surface area contributed by atoms with Crippen LogP contribution in [0.3, 0.4) is 0 Å². The number of nitrogens with one attached hydrogen (secondary N) is 1. The van der Waals surface area contributed by atoms with Crippen LogP contribution in [0.25, 0.3) is 0 Å². The number of nitrogens with zero attached hydrogens (tertiary/aromatic N) is 1. The second kappa shape index (κ2) is 5.18. The molecule has 92 valence electrons. The molecule has 1 amide bonds. The van der Waals surface area contributed by atoms with Gasteiger partial charge in [-0.15, -0.1) is 0 Å². The summed E-state index contributed by atoms with van der Waals surface area (Å²) < 4.78 is 5.61. The molecule has 3 N–H and O–H groups in total. The van der Waals surface area contributed by atoms with Crippen molar-refractivity contribution in [3.63, 3.8) is 0 Å². The lowest BCUT2D eigenvalue weighted by Gasteiger charge is -2.09. The number of pyridine rings is 1. The van der Waals surface area contributed by atoms with Gasteiger partial charge in [0, 0.05) is 18.9 Å². The number of ether oxygens (including phenoxy) is 1. The smallest absolute Gasteiger partial charge is 0.273 e. The normalized spacial score (nSPS) is 9.83. The summed E-state index contributed by atoms with van der Waals surface area (Å²) in [5.74, 6) is 0.713. The fraction of sp³-hybridized carbons (Fsp3) is 0.0769. The van der Waals surface area contributed by atoms with Gasteiger partial charge in [-0.05, 0) is 36.4 Å². The molecule has 0 unspecified atom stereocenters. The zero-order valence-electron chi connectivity index (χ0n) is 9.88. The van der Waals surface area contributed by atoms with Crippen molar-refractivity contribution in [3.8, 4) is 11.5 Å². The summed E-state index contributed by atoms with van der Waals surface area (Å²) in [7, 11) is 1.55. The number of carbonyl (C=O) groups is 1. The van der Waals surface area contributed by atoms with Crippen molar-refractivity contribution < 1.29 is 9.53 Å². The number of aromatic nitrogens is 1. The van der Waals surface area contributed by atoms with Crippen LogP contribution >= 0.6 is 0 Å². The maximum absolute atomic E-state index is 11.6. The molecule has 1 heterocycles. The fourth-order valence-electron chi connectivity index (χ4n) is 1.42. The molecule has 0 aliphatic carbocycles. The van der Waals surface area contributed by atoms with Gasteiger partial charge in [0.1, 0.15) is 5.75 Å². The van der Waals surface area contributed by atoms with E-state index in [0.717, 1.165) is 0 Å². The molecule has 0 aliphatic heterocycles. The van der Waals surface area contributed by atoms with Crippen LogP contribution in [0.2, 0.25) is 0 Å². The molecule has 0 bridgehead atoms. The number of amides is 1. The lowest BCUT2D eigenvalue weighted by Crippen LogP contribution is -2.19. The summed E-state index contributed by atoms with van der Waals surface area (Å²) in [5.41, 5.74) is 6.49. The van der Waals surface area contributed by atoms with Gasteiger partial charge in [-0.3, -0.25) is 4.79 Å². The van der Waals surface area contributed by atoms with Gasteiger partial charge in [0.05, 0.1) is 0 Å². The van der Waals surface area contributed by atoms with Gasteiger partial charge >= 0.3 is 0 Å². The van der Waals surface area contributed by atoms with Gasteiger partial charge in [0.15, 0.2) is 11.4 Å². The first-order chi connectivity index (χ1) is 8.70. The van der Waals surface area contributed by atoms with Crippen LogP contribution in [0.15, 0.2) is 42.6 Å². The van der Waals surface area contributed by atoms with Crippen LogP contribution in [-0.4, -0.2) is 17.9 Å². The van der Waals surface area contributed by atoms with E-state index in [1.165, 1.54) is 0 Å². The molecule has 0 aliphatic rings. The standard InChI is InChI=1S/C13H13N3O2/c1-15-13(17)12-11(3-2-8-16-12)18-10-6-4-9(14)5-7-10/h2-8H,14H2,1H3,(H,15,17). The maximum Gasteiger partial charge on any atom is 0.273 e. The van der Waals surface area contributed by atoms with Crippen LogP contribution in [0.5, 0.6) is 11.5 Å². The van der Waals surface area contributed by atoms with Gasteiger partial charge in [0.2, 0.25) is 0 Å². The third-order valence-corrected chi connectivity index (χ3v) is 2.32. The summed E-state index contributed by atoms with van der Waals surface area (Å²) in [5, 5.41) is 2.52. The molecule has 0 saturated carbocycles. The number of hydrogen-bond acceptors (Lipinski definition) is 4. The van der Waals surface area contributed by atoms with Crippen molar-refractivity contribution in [2.75, 3.05) is 12.8 Å². The highest BCUT2D eigenvalue weighted by Crippen LogP contribution is 2.24. The quantitative estimate of drug-likeness (QED) is 0.806. The number of hydrogen-bond donors (Lipinski definition) is 2. The van der Waals surface area contributed by atoms with Crippen LogP contribution in [0.4, 0.5) is 5.69 Å². The van der Waals surface area contributed by atoms with E-state index in [0.29, 0.717) is 17.2 Å². The first kappa shape index (κ1) is 11.9. The summed E-state index contributed by atoms with van der Waals surface area (Å²) in [6.45, 7) is 0. The van der Waals surface area contributed by atoms with E-state index in [4.69, 9.17) is 10.5 Å². The Kier molecular flexibility index (Phi) is 3.43. The molecule has 0 spiro atoms. The van der Waals surface area contributed by atoms with Gasteiger partial charge in [-0.1, -0.05) is 0 Å². The molecule has 5 heteroatoms. The van der Waals surface area contributed by atoms with E-state index in [1.54, 1.807) is 49.6 Å². The van der Waals surface area contributed by atoms with E-state index < -0.39 is 0 Å². The molecule has 1 aromatic heterocycles. The lowest BCUT2D eigenvalue weighted by molar-refractivity contribution is 0.0955. The molecule has 5 nitrogen and oxygen atoms in total. The number of carbonyl (C=O) groups excluding carboxylic acids is 1. The third kappa shape index (κ3) is 2.57. The van der Waals surface area contributed by atoms with Crippen molar-refractivity contribution in [1.82, 2.24) is 10.3 Å². The van der Waals surface area contributed by atoms with E-state index >= 15 is 0 Å². The number of rotatable bonds is 3. The average Bonchev–Trinajstić information content (AvgIpc) is 2.41. The number of nitrogen functional groups attached to an aromatic ring is 1. The zero-order valence-corrected chi connectivity index (χ0v) is 9.88. The highest BCUT2D eigenvalue weighted by atomic mass is 16.5. The van der Waals surface area contributed by atoms with Crippen LogP contribution in [-0.2, 0) is 0 Å². The SMILES string of the molecule is CNC(=O)c1ncccc1Oc1ccc(N)cc1. The topological polar surface area (TPSA) is 77.2 Å². The second-order valence-electron chi connectivity index (χ2n) is 3.60. The molecule has 2 aromatic rings. The minimum absolute atomic E-state index is 0.247. The molecular weight excluding hydrogens is 230 g/mol. The molecule has 18 heavy (non-hydrogen) atoms. The Hall–Kier alpha value is -2.56. The van der Waals surface area contributed by atoms with Gasteiger partial charge < -0.3 is 15.8 Å². The first-order valence-electron chi connectivity index (χ1n) is 5.41. The van der Waals surface area contributed by atoms with Crippen molar-refractivity contribution in [3.05, 3.63) is 48.3 Å². The van der Waals surface area contributed by atoms with Crippen LogP contribution < -0.4 is 15.8 Å². The first-order valence-corrected chi connectivity index (χ1v) is 5.41. The Balaban J connectivity index is 2.28. The largest absolute Gasteiger partial charge is 0.455 e. The van der Waals surface area contributed by atoms with E-state index in [2.05, 4.69) is 10.3 Å². The molecular formula is C13H13N3O2. The molecule has 2 rings (SSSR count). The fourth-order valence-corrected chi connectivity index (χ4v) is 1.42. The van der Waals surface area contributed by atoms with Crippen LogP contribution in [0, 0.1) is 0 Å². The Bertz CT molecular complexity index is 552. The minimum atomic E-state index is -0.291. The maximum atomic E-state index is 11.6. The summed E-state index contributed by atoms with van der Waals surface area (Å²) in [4.78, 5) is 15.6. The minimum Gasteiger partial charge on any atom is -0.455 e. The third-order valence-electron chi connectivity index (χ3n) is 2.32. The Morgan fingerprint density at radius 1 is 1.28 bits per heavy atom. The molecule has 1 aromatic carbocycles. The number of anilines is 1. The van der Waals surface area contributed by atoms with Crippen LogP contribution in [0.1, 0.15) is 10.5 Å². The monoisotopic (exact) mass is 243 g/mol. The number of benzene rings is 1. The average molecular weight is 243 g/mol. The van der Waals surface area contributed by atoms with Crippen molar-refractivity contribution in [1.29, 1.82) is 0 Å². The van der Waals surface area contributed by atoms with E-state index in [9.17, 15) is 4.79 Å². The van der Waals surface area contributed by atoms with Gasteiger partial charge in [-0.2, -0.15) is 0 Å². The van der Waals surface area contributed by atoms with Crippen molar-refractivity contribution in [2.45, 2.75) is 0 Å². The highest BCUT2D eigenvalue weighted by Gasteiger charge is 2.12. The number of nitrogens with two attached hydrogens (primary N) is 1. The van der Waals surface area contributed by atoms with E-state index in [-0.39, 0.29) is 11.6 Å². The van der Waals surface area contributed by atoms with Gasteiger partial charge in [0.25, 0.3) is 5.91 Å². The molecule has 0 radical (unpaired) electrons. The van der Waals surface area contributed by atoms with Crippen molar-refractivity contribution >= 4 is 11.6 Å². The second-order valence-corrected chi connectivity index (χ2v) is 3.60. The summed E-state index contributed by atoms with van der Waals surface area (Å²) in [6.07, 6.45) is 1.54. The Labute approximate surface area is 105 Å². The lowest BCUT2D eigenvalue weighted by atomic mass is 10.3. The predicted molar refractivity (Wildman–Crippen MR) is 68.6 cm³/mol. The van der Waals surface area contributed by atoms with Gasteiger partial charge in [-0.25, -0.2) is 4.98 Å². The van der Waals surface area contributed by atoms with E-state index in [1.807, 2.05) is 0 Å². The zero-order chi connectivity index (χ0) is 13.0. The Morgan fingerprint density at radius 2 is 2.00 bits per heavy atom. The Morgan fingerprint density at radius 3 is 2.67 bits per heavy atom. The molecule has 0 saturated heterocycles. The summed E-state index contributed by atoms with van der Waals surface area (Å²) in [6, 6.07) is 10.3. The molecule has 0 atom stereocenters. The van der Waals surface area contributed by atoms with Crippen molar-refractivity contribution in [2.24, 2.45) is 0 Å². The molecule has 0 fully saturated rings. The highest BCUT2D eigenvalue weighted by molar-refractivity contribution is 5.94.